The molecule has 2 aromatic rings. The lowest BCUT2D eigenvalue weighted by atomic mass is 9.64. The minimum absolute atomic E-state index is 0.134. The highest BCUT2D eigenvalue weighted by Gasteiger charge is 2.55. The van der Waals surface area contributed by atoms with Crippen molar-refractivity contribution in [3.05, 3.63) is 88.7 Å². The van der Waals surface area contributed by atoms with Crippen LogP contribution in [0.2, 0.25) is 0 Å². The molecule has 0 radical (unpaired) electrons. The van der Waals surface area contributed by atoms with E-state index in [0.717, 1.165) is 6.42 Å². The molecule has 2 fully saturated rings. The Labute approximate surface area is 199 Å². The monoisotopic (exact) mass is 439 g/mol. The zero-order valence-electron chi connectivity index (χ0n) is 19.8. The standard InChI is InChI=1S/C31H37NO/c1-4-13-24(14-5-1)23-26-17-12-18-27-29(25-15-6-2-7-16-25)28-19-8-9-20-31(28,33-30(26)27)32-21-10-3-11-22-32/h1-2,4-7,13-16,23,28-29H,3,8-12,17-22H2/b26-23+/t28-,29+,31+/m1/s1. The second-order valence-electron chi connectivity index (χ2n) is 10.5. The van der Waals surface area contributed by atoms with Gasteiger partial charge in [0.1, 0.15) is 5.76 Å². The summed E-state index contributed by atoms with van der Waals surface area (Å²) in [5, 5.41) is 0. The molecule has 2 heteroatoms. The van der Waals surface area contributed by atoms with Gasteiger partial charge in [-0.2, -0.15) is 0 Å². The molecule has 2 nitrogen and oxygen atoms in total. The summed E-state index contributed by atoms with van der Waals surface area (Å²) in [4.78, 5) is 2.77. The molecule has 2 aliphatic carbocycles. The van der Waals surface area contributed by atoms with Crippen molar-refractivity contribution in [2.75, 3.05) is 13.1 Å². The molecular formula is C31H37NO. The fraction of sp³-hybridized carbons (Fsp3) is 0.484. The average Bonchev–Trinajstić information content (AvgIpc) is 2.89. The average molecular weight is 440 g/mol. The van der Waals surface area contributed by atoms with Crippen LogP contribution in [0.3, 0.4) is 0 Å². The second-order valence-corrected chi connectivity index (χ2v) is 10.5. The van der Waals surface area contributed by atoms with E-state index in [0.29, 0.717) is 11.8 Å². The Hall–Kier alpha value is -2.32. The number of likely N-dealkylation sites (tertiary alicyclic amines) is 1. The van der Waals surface area contributed by atoms with Crippen molar-refractivity contribution in [1.29, 1.82) is 0 Å². The van der Waals surface area contributed by atoms with Crippen LogP contribution in [0.1, 0.15) is 81.3 Å². The van der Waals surface area contributed by atoms with Gasteiger partial charge in [-0.15, -0.1) is 0 Å². The van der Waals surface area contributed by atoms with E-state index in [4.69, 9.17) is 4.74 Å². The first-order chi connectivity index (χ1) is 16.4. The lowest BCUT2D eigenvalue weighted by Gasteiger charge is -2.58. The van der Waals surface area contributed by atoms with E-state index in [1.165, 1.54) is 93.3 Å². The molecule has 2 heterocycles. The number of ether oxygens (including phenoxy) is 1. The third kappa shape index (κ3) is 3.87. The van der Waals surface area contributed by atoms with Crippen LogP contribution in [0.5, 0.6) is 0 Å². The molecule has 2 aliphatic heterocycles. The maximum Gasteiger partial charge on any atom is 0.167 e. The van der Waals surface area contributed by atoms with Gasteiger partial charge in [-0.05, 0) is 73.3 Å². The largest absolute Gasteiger partial charge is 0.472 e. The van der Waals surface area contributed by atoms with Crippen molar-refractivity contribution in [3.63, 3.8) is 0 Å². The van der Waals surface area contributed by atoms with Gasteiger partial charge in [0, 0.05) is 31.3 Å². The zero-order valence-corrected chi connectivity index (χ0v) is 19.8. The van der Waals surface area contributed by atoms with Gasteiger partial charge in [-0.1, -0.05) is 73.5 Å². The van der Waals surface area contributed by atoms with E-state index in [1.54, 1.807) is 5.57 Å². The molecule has 0 aromatic heterocycles. The topological polar surface area (TPSA) is 12.5 Å². The summed E-state index contributed by atoms with van der Waals surface area (Å²) in [6.45, 7) is 2.39. The van der Waals surface area contributed by atoms with Crippen molar-refractivity contribution >= 4 is 6.08 Å². The molecule has 2 aromatic carbocycles. The number of benzene rings is 2. The summed E-state index contributed by atoms with van der Waals surface area (Å²) in [6.07, 6.45) is 15.0. The summed E-state index contributed by atoms with van der Waals surface area (Å²) >= 11 is 0. The van der Waals surface area contributed by atoms with E-state index >= 15 is 0 Å². The van der Waals surface area contributed by atoms with Crippen LogP contribution in [0.4, 0.5) is 0 Å². The molecule has 6 rings (SSSR count). The Balaban J connectivity index is 1.51. The first-order valence-electron chi connectivity index (χ1n) is 13.3. The third-order valence-corrected chi connectivity index (χ3v) is 8.60. The molecule has 1 saturated carbocycles. The minimum Gasteiger partial charge on any atom is -0.472 e. The SMILES string of the molecule is C(=C1/CCCC2=C1O[C@@]1(N3CCCCC3)CCCC[C@@H]1[C@H]2c1ccccc1)/c1ccccc1. The van der Waals surface area contributed by atoms with Crippen molar-refractivity contribution in [2.45, 2.75) is 75.9 Å². The molecule has 33 heavy (non-hydrogen) atoms. The first kappa shape index (κ1) is 21.2. The lowest BCUT2D eigenvalue weighted by molar-refractivity contribution is -0.202. The first-order valence-corrected chi connectivity index (χ1v) is 13.3. The van der Waals surface area contributed by atoms with Crippen LogP contribution in [-0.2, 0) is 4.74 Å². The molecule has 1 saturated heterocycles. The molecular weight excluding hydrogens is 402 g/mol. The Morgan fingerprint density at radius 1 is 0.788 bits per heavy atom. The summed E-state index contributed by atoms with van der Waals surface area (Å²) in [7, 11) is 0. The van der Waals surface area contributed by atoms with E-state index in [9.17, 15) is 0 Å². The second kappa shape index (κ2) is 9.14. The normalized spacial score (nSPS) is 31.6. The molecule has 4 aliphatic rings. The predicted molar refractivity (Wildman–Crippen MR) is 136 cm³/mol. The summed E-state index contributed by atoms with van der Waals surface area (Å²) in [6, 6.07) is 22.2. The molecule has 0 spiro atoms. The van der Waals surface area contributed by atoms with Crippen molar-refractivity contribution in [1.82, 2.24) is 4.90 Å². The molecule has 172 valence electrons. The summed E-state index contributed by atoms with van der Waals surface area (Å²) in [5.74, 6) is 2.29. The van der Waals surface area contributed by atoms with E-state index < -0.39 is 0 Å². The van der Waals surface area contributed by atoms with Crippen LogP contribution in [0, 0.1) is 5.92 Å². The van der Waals surface area contributed by atoms with Gasteiger partial charge in [-0.3, -0.25) is 4.90 Å². The van der Waals surface area contributed by atoms with E-state index in [2.05, 4.69) is 71.6 Å². The number of piperidine rings is 1. The zero-order chi connectivity index (χ0) is 22.1. The quantitative estimate of drug-likeness (QED) is 0.486. The van der Waals surface area contributed by atoms with Crippen LogP contribution >= 0.6 is 0 Å². The molecule has 0 N–H and O–H groups in total. The Morgan fingerprint density at radius 3 is 2.33 bits per heavy atom. The van der Waals surface area contributed by atoms with Crippen LogP contribution in [-0.4, -0.2) is 23.7 Å². The Morgan fingerprint density at radius 2 is 1.55 bits per heavy atom. The van der Waals surface area contributed by atoms with Gasteiger partial charge < -0.3 is 4.74 Å². The Kier molecular flexibility index (Phi) is 5.88. The smallest absolute Gasteiger partial charge is 0.167 e. The molecule has 0 amide bonds. The number of hydrogen-bond donors (Lipinski definition) is 0. The van der Waals surface area contributed by atoms with Crippen molar-refractivity contribution in [2.24, 2.45) is 5.92 Å². The van der Waals surface area contributed by atoms with Gasteiger partial charge in [0.2, 0.25) is 0 Å². The lowest BCUT2D eigenvalue weighted by Crippen LogP contribution is -2.61. The van der Waals surface area contributed by atoms with Crippen LogP contribution < -0.4 is 0 Å². The van der Waals surface area contributed by atoms with Crippen molar-refractivity contribution < 1.29 is 4.74 Å². The summed E-state index contributed by atoms with van der Waals surface area (Å²) in [5.41, 5.74) is 5.66. The van der Waals surface area contributed by atoms with Crippen LogP contribution in [0.15, 0.2) is 77.6 Å². The number of nitrogens with zero attached hydrogens (tertiary/aromatic N) is 1. The number of allylic oxidation sites excluding steroid dienone is 2. The molecule has 0 unspecified atom stereocenters. The number of fused-ring (bicyclic) bond motifs is 1. The van der Waals surface area contributed by atoms with Gasteiger partial charge in [0.15, 0.2) is 5.72 Å². The highest BCUT2D eigenvalue weighted by Crippen LogP contribution is 2.57. The fourth-order valence-electron chi connectivity index (χ4n) is 7.17. The van der Waals surface area contributed by atoms with Gasteiger partial charge in [0.05, 0.1) is 0 Å². The van der Waals surface area contributed by atoms with Gasteiger partial charge in [-0.25, -0.2) is 0 Å². The van der Waals surface area contributed by atoms with Crippen molar-refractivity contribution in [3.8, 4) is 0 Å². The number of hydrogen-bond acceptors (Lipinski definition) is 2. The van der Waals surface area contributed by atoms with Gasteiger partial charge in [0.25, 0.3) is 0 Å². The molecule has 3 atom stereocenters. The maximum atomic E-state index is 7.40. The predicted octanol–water partition coefficient (Wildman–Crippen LogP) is 7.69. The Bertz CT molecular complexity index is 1020. The minimum atomic E-state index is -0.134. The summed E-state index contributed by atoms with van der Waals surface area (Å²) < 4.78 is 7.40. The highest BCUT2D eigenvalue weighted by molar-refractivity contribution is 5.60. The van der Waals surface area contributed by atoms with E-state index in [1.807, 2.05) is 0 Å². The van der Waals surface area contributed by atoms with E-state index in [-0.39, 0.29) is 5.72 Å². The highest BCUT2D eigenvalue weighted by atomic mass is 16.5. The van der Waals surface area contributed by atoms with Gasteiger partial charge >= 0.3 is 0 Å². The molecule has 0 bridgehead atoms. The van der Waals surface area contributed by atoms with Crippen LogP contribution in [0.25, 0.3) is 6.08 Å². The fourth-order valence-corrected chi connectivity index (χ4v) is 7.17. The third-order valence-electron chi connectivity index (χ3n) is 8.60. The number of rotatable bonds is 3. The maximum absolute atomic E-state index is 7.40.